The van der Waals surface area contributed by atoms with E-state index in [2.05, 4.69) is 10.1 Å². The molecule has 1 atom stereocenters. The number of halogens is 1. The van der Waals surface area contributed by atoms with Gasteiger partial charge in [-0.2, -0.15) is 5.10 Å². The van der Waals surface area contributed by atoms with E-state index in [1.807, 2.05) is 47.7 Å². The van der Waals surface area contributed by atoms with Crippen molar-refractivity contribution in [2.24, 2.45) is 0 Å². The molecular formula is C20H19ClN4O. The van der Waals surface area contributed by atoms with Crippen molar-refractivity contribution >= 4 is 17.5 Å². The van der Waals surface area contributed by atoms with Crippen molar-refractivity contribution in [2.45, 2.75) is 26.4 Å². The first kappa shape index (κ1) is 16.8. The van der Waals surface area contributed by atoms with Crippen LogP contribution in [-0.4, -0.2) is 32.1 Å². The van der Waals surface area contributed by atoms with Crippen molar-refractivity contribution in [1.82, 2.24) is 19.7 Å². The molecule has 1 amide bonds. The summed E-state index contributed by atoms with van der Waals surface area (Å²) in [5, 5.41) is 5.26. The van der Waals surface area contributed by atoms with Gasteiger partial charge in [0.15, 0.2) is 0 Å². The van der Waals surface area contributed by atoms with Crippen molar-refractivity contribution in [2.75, 3.05) is 6.54 Å². The second kappa shape index (κ2) is 6.57. The Morgan fingerprint density at radius 3 is 2.69 bits per heavy atom. The summed E-state index contributed by atoms with van der Waals surface area (Å²) in [5.74, 6) is -0.0114. The summed E-state index contributed by atoms with van der Waals surface area (Å²) in [4.78, 5) is 19.3. The van der Waals surface area contributed by atoms with E-state index in [4.69, 9.17) is 11.6 Å². The van der Waals surface area contributed by atoms with Crippen LogP contribution in [0.4, 0.5) is 0 Å². The number of carbonyl (C=O) groups excluding carboxylic acids is 1. The van der Waals surface area contributed by atoms with Gasteiger partial charge in [-0.25, -0.2) is 0 Å². The van der Waals surface area contributed by atoms with Crippen molar-refractivity contribution < 1.29 is 4.79 Å². The Morgan fingerprint density at radius 1 is 1.12 bits per heavy atom. The normalized spacial score (nSPS) is 16.4. The van der Waals surface area contributed by atoms with Crippen LogP contribution in [-0.2, 0) is 6.54 Å². The number of benzene rings is 1. The molecule has 0 radical (unpaired) electrons. The van der Waals surface area contributed by atoms with E-state index in [1.165, 1.54) is 0 Å². The van der Waals surface area contributed by atoms with Gasteiger partial charge < -0.3 is 4.90 Å². The molecule has 0 N–H and O–H groups in total. The van der Waals surface area contributed by atoms with E-state index in [-0.39, 0.29) is 11.9 Å². The van der Waals surface area contributed by atoms with Crippen LogP contribution in [0, 0.1) is 6.92 Å². The zero-order valence-corrected chi connectivity index (χ0v) is 15.4. The lowest BCUT2D eigenvalue weighted by molar-refractivity contribution is 0.0637. The van der Waals surface area contributed by atoms with E-state index >= 15 is 0 Å². The Bertz CT molecular complexity index is 981. The van der Waals surface area contributed by atoms with Crippen molar-refractivity contribution in [3.05, 3.63) is 70.5 Å². The van der Waals surface area contributed by atoms with Crippen LogP contribution in [0.3, 0.4) is 0 Å². The van der Waals surface area contributed by atoms with Crippen LogP contribution in [0.15, 0.2) is 48.5 Å². The lowest BCUT2D eigenvalue weighted by Gasteiger charge is -2.34. The number of hydrogen-bond acceptors (Lipinski definition) is 3. The molecule has 1 aliphatic rings. The van der Waals surface area contributed by atoms with E-state index in [0.717, 1.165) is 22.8 Å². The molecule has 1 aliphatic heterocycles. The Hall–Kier alpha value is -2.66. The number of hydrogen-bond donors (Lipinski definition) is 0. The predicted octanol–water partition coefficient (Wildman–Crippen LogP) is 4.12. The van der Waals surface area contributed by atoms with E-state index in [1.54, 1.807) is 24.3 Å². The van der Waals surface area contributed by atoms with Crippen molar-refractivity contribution in [3.8, 4) is 11.4 Å². The Morgan fingerprint density at radius 2 is 1.92 bits per heavy atom. The molecule has 5 nitrogen and oxygen atoms in total. The Balaban J connectivity index is 1.64. The van der Waals surface area contributed by atoms with Crippen LogP contribution < -0.4 is 0 Å². The van der Waals surface area contributed by atoms with Gasteiger partial charge in [0.25, 0.3) is 5.91 Å². The average molecular weight is 367 g/mol. The monoisotopic (exact) mass is 366 g/mol. The molecule has 0 spiro atoms. The van der Waals surface area contributed by atoms with Gasteiger partial charge in [-0.05, 0) is 50.2 Å². The first-order chi connectivity index (χ1) is 12.5. The number of rotatable bonds is 2. The maximum atomic E-state index is 12.9. The topological polar surface area (TPSA) is 51.0 Å². The number of aromatic nitrogens is 3. The fourth-order valence-corrected chi connectivity index (χ4v) is 3.57. The van der Waals surface area contributed by atoms with Crippen LogP contribution in [0.25, 0.3) is 11.4 Å². The summed E-state index contributed by atoms with van der Waals surface area (Å²) in [7, 11) is 0. The smallest absolute Gasteiger partial charge is 0.254 e. The number of amides is 1. The van der Waals surface area contributed by atoms with Crippen LogP contribution in [0.5, 0.6) is 0 Å². The zero-order chi connectivity index (χ0) is 18.3. The molecule has 26 heavy (non-hydrogen) atoms. The van der Waals surface area contributed by atoms with Gasteiger partial charge in [0.05, 0.1) is 24.0 Å². The van der Waals surface area contributed by atoms with E-state index in [9.17, 15) is 4.79 Å². The molecule has 0 fully saturated rings. The SMILES string of the molecule is Cc1cccc(-c2cc3n(n2)CCN(C(=O)c2cccc(Cl)c2)C3C)n1. The Labute approximate surface area is 157 Å². The molecule has 0 saturated carbocycles. The standard InChI is InChI=1S/C20H19ClN4O/c1-13-5-3-8-17(22-13)18-12-19-14(2)24(9-10-25(19)23-18)20(26)15-6-4-7-16(21)11-15/h3-8,11-12,14H,9-10H2,1-2H3. The molecule has 132 valence electrons. The molecule has 6 heteroatoms. The number of fused-ring (bicyclic) bond motifs is 1. The molecule has 1 unspecified atom stereocenters. The van der Waals surface area contributed by atoms with E-state index in [0.29, 0.717) is 23.7 Å². The highest BCUT2D eigenvalue weighted by Gasteiger charge is 2.30. The Kier molecular flexibility index (Phi) is 4.24. The molecule has 2 aromatic heterocycles. The summed E-state index contributed by atoms with van der Waals surface area (Å²) < 4.78 is 1.98. The third-order valence-corrected chi connectivity index (χ3v) is 4.98. The molecule has 0 aliphatic carbocycles. The van der Waals surface area contributed by atoms with Gasteiger partial charge in [0.1, 0.15) is 5.69 Å². The fourth-order valence-electron chi connectivity index (χ4n) is 3.38. The highest BCUT2D eigenvalue weighted by atomic mass is 35.5. The maximum Gasteiger partial charge on any atom is 0.254 e. The maximum absolute atomic E-state index is 12.9. The van der Waals surface area contributed by atoms with Crippen molar-refractivity contribution in [1.29, 1.82) is 0 Å². The van der Waals surface area contributed by atoms with Gasteiger partial charge in [0.2, 0.25) is 0 Å². The largest absolute Gasteiger partial charge is 0.328 e. The summed E-state index contributed by atoms with van der Waals surface area (Å²) in [6.45, 7) is 5.27. The number of carbonyl (C=O) groups is 1. The second-order valence-electron chi connectivity index (χ2n) is 6.53. The van der Waals surface area contributed by atoms with Gasteiger partial charge >= 0.3 is 0 Å². The molecule has 3 aromatic rings. The first-order valence-electron chi connectivity index (χ1n) is 8.61. The highest BCUT2D eigenvalue weighted by molar-refractivity contribution is 6.30. The molecule has 1 aromatic carbocycles. The molecular weight excluding hydrogens is 348 g/mol. The quantitative estimate of drug-likeness (QED) is 0.685. The van der Waals surface area contributed by atoms with Crippen LogP contribution >= 0.6 is 11.6 Å². The lowest BCUT2D eigenvalue weighted by Crippen LogP contribution is -2.41. The second-order valence-corrected chi connectivity index (χ2v) is 6.96. The fraction of sp³-hybridized carbons (Fsp3) is 0.250. The molecule has 4 rings (SSSR count). The zero-order valence-electron chi connectivity index (χ0n) is 14.7. The summed E-state index contributed by atoms with van der Waals surface area (Å²) in [5.41, 5.74) is 4.28. The van der Waals surface area contributed by atoms with Gasteiger partial charge in [-0.1, -0.05) is 23.7 Å². The van der Waals surface area contributed by atoms with Gasteiger partial charge in [-0.15, -0.1) is 0 Å². The average Bonchev–Trinajstić information content (AvgIpc) is 3.07. The minimum Gasteiger partial charge on any atom is -0.328 e. The molecule has 0 saturated heterocycles. The molecule has 0 bridgehead atoms. The minimum atomic E-state index is -0.0682. The van der Waals surface area contributed by atoms with Gasteiger partial charge in [-0.3, -0.25) is 14.5 Å². The predicted molar refractivity (Wildman–Crippen MR) is 101 cm³/mol. The lowest BCUT2D eigenvalue weighted by atomic mass is 10.1. The third kappa shape index (κ3) is 2.99. The van der Waals surface area contributed by atoms with Crippen LogP contribution in [0.2, 0.25) is 5.02 Å². The first-order valence-corrected chi connectivity index (χ1v) is 8.99. The summed E-state index contributed by atoms with van der Waals surface area (Å²) in [6, 6.07) is 15.0. The minimum absolute atomic E-state index is 0.0114. The summed E-state index contributed by atoms with van der Waals surface area (Å²) >= 11 is 6.04. The third-order valence-electron chi connectivity index (χ3n) is 4.74. The number of nitrogens with zero attached hydrogens (tertiary/aromatic N) is 4. The number of aryl methyl sites for hydroxylation is 1. The van der Waals surface area contributed by atoms with Crippen LogP contribution in [0.1, 0.15) is 34.7 Å². The summed E-state index contributed by atoms with van der Waals surface area (Å²) in [6.07, 6.45) is 0. The van der Waals surface area contributed by atoms with Crippen molar-refractivity contribution in [3.63, 3.8) is 0 Å². The molecule has 3 heterocycles. The highest BCUT2D eigenvalue weighted by Crippen LogP contribution is 2.30. The van der Waals surface area contributed by atoms with E-state index < -0.39 is 0 Å². The number of pyridine rings is 1. The van der Waals surface area contributed by atoms with Gasteiger partial charge in [0, 0.05) is 22.8 Å².